The maximum Gasteiger partial charge on any atom is 0.239 e. The molecule has 1 N–H and O–H groups in total. The fourth-order valence-corrected chi connectivity index (χ4v) is 1.07. The molecular weight excluding hydrogens is 244 g/mol. The summed E-state index contributed by atoms with van der Waals surface area (Å²) in [6.45, 7) is 1.78. The van der Waals surface area contributed by atoms with Gasteiger partial charge in [-0.25, -0.2) is 5.43 Å². The van der Waals surface area contributed by atoms with Gasteiger partial charge in [-0.3, -0.25) is 4.79 Å². The average molecular weight is 255 g/mol. The molecule has 3 nitrogen and oxygen atoms in total. The third-order valence-corrected chi connectivity index (χ3v) is 2.12. The molecule has 1 amide bonds. The summed E-state index contributed by atoms with van der Waals surface area (Å²) in [5.74, 6) is -0.0849. The monoisotopic (exact) mass is 254 g/mol. The zero-order chi connectivity index (χ0) is 10.4. The van der Waals surface area contributed by atoms with Crippen LogP contribution >= 0.6 is 15.9 Å². The Morgan fingerprint density at radius 2 is 2.14 bits per heavy atom. The summed E-state index contributed by atoms with van der Waals surface area (Å²) >= 11 is 3.33. The van der Waals surface area contributed by atoms with E-state index in [9.17, 15) is 4.79 Å². The first-order valence-electron chi connectivity index (χ1n) is 4.30. The number of benzene rings is 1. The Labute approximate surface area is 91.3 Å². The van der Waals surface area contributed by atoms with Gasteiger partial charge < -0.3 is 0 Å². The van der Waals surface area contributed by atoms with Gasteiger partial charge in [0.2, 0.25) is 5.91 Å². The first-order chi connectivity index (χ1) is 6.72. The van der Waals surface area contributed by atoms with Crippen molar-refractivity contribution in [2.24, 2.45) is 5.10 Å². The minimum absolute atomic E-state index is 0.0849. The minimum atomic E-state index is -0.0849. The van der Waals surface area contributed by atoms with Crippen LogP contribution in [0.5, 0.6) is 0 Å². The van der Waals surface area contributed by atoms with Crippen LogP contribution in [0, 0.1) is 0 Å². The molecule has 0 saturated heterocycles. The van der Waals surface area contributed by atoms with Crippen LogP contribution in [-0.2, 0) is 4.79 Å². The van der Waals surface area contributed by atoms with E-state index in [0.717, 1.165) is 10.0 Å². The highest BCUT2D eigenvalue weighted by Gasteiger charge is 1.91. The quantitative estimate of drug-likeness (QED) is 0.653. The average Bonchev–Trinajstić information content (AvgIpc) is 2.21. The molecular formula is C10H11BrN2O. The van der Waals surface area contributed by atoms with E-state index in [2.05, 4.69) is 26.5 Å². The molecule has 0 radical (unpaired) electrons. The van der Waals surface area contributed by atoms with E-state index < -0.39 is 0 Å². The van der Waals surface area contributed by atoms with Crippen molar-refractivity contribution >= 4 is 28.1 Å². The highest BCUT2D eigenvalue weighted by molar-refractivity contribution is 9.10. The molecule has 14 heavy (non-hydrogen) atoms. The molecule has 0 spiro atoms. The highest BCUT2D eigenvalue weighted by Crippen LogP contribution is 2.08. The Kier molecular flexibility index (Phi) is 4.32. The molecule has 0 bridgehead atoms. The minimum Gasteiger partial charge on any atom is -0.273 e. The number of nitrogens with one attached hydrogen (secondary N) is 1. The lowest BCUT2D eigenvalue weighted by Crippen LogP contribution is -2.15. The fourth-order valence-electron chi connectivity index (χ4n) is 0.807. The smallest absolute Gasteiger partial charge is 0.239 e. The number of halogens is 1. The second-order valence-electron chi connectivity index (χ2n) is 2.70. The Hall–Kier alpha value is -1.16. The molecule has 0 aliphatic rings. The van der Waals surface area contributed by atoms with Crippen LogP contribution in [0.15, 0.2) is 33.8 Å². The van der Waals surface area contributed by atoms with Crippen molar-refractivity contribution in [2.75, 3.05) is 0 Å². The third-order valence-electron chi connectivity index (χ3n) is 1.59. The summed E-state index contributed by atoms with van der Waals surface area (Å²) in [6, 6.07) is 7.66. The molecule has 0 aliphatic heterocycles. The normalized spacial score (nSPS) is 10.4. The van der Waals surface area contributed by atoms with Crippen molar-refractivity contribution in [3.05, 3.63) is 34.3 Å². The van der Waals surface area contributed by atoms with E-state index in [-0.39, 0.29) is 5.91 Å². The zero-order valence-corrected chi connectivity index (χ0v) is 9.41. The van der Waals surface area contributed by atoms with E-state index in [1.54, 1.807) is 13.1 Å². The summed E-state index contributed by atoms with van der Waals surface area (Å²) in [7, 11) is 0. The van der Waals surface area contributed by atoms with E-state index in [4.69, 9.17) is 0 Å². The Bertz CT molecular complexity index is 332. The van der Waals surface area contributed by atoms with E-state index in [0.29, 0.717) is 6.42 Å². The first kappa shape index (κ1) is 10.9. The van der Waals surface area contributed by atoms with Gasteiger partial charge in [-0.1, -0.05) is 35.0 Å². The molecule has 1 aromatic carbocycles. The lowest BCUT2D eigenvalue weighted by atomic mass is 10.2. The van der Waals surface area contributed by atoms with Crippen LogP contribution in [0.2, 0.25) is 0 Å². The first-order valence-corrected chi connectivity index (χ1v) is 5.09. The molecule has 0 aromatic heterocycles. The van der Waals surface area contributed by atoms with Crippen LogP contribution in [0.3, 0.4) is 0 Å². The number of rotatable bonds is 3. The van der Waals surface area contributed by atoms with Gasteiger partial charge in [0, 0.05) is 10.9 Å². The van der Waals surface area contributed by atoms with Gasteiger partial charge in [-0.2, -0.15) is 5.10 Å². The second kappa shape index (κ2) is 5.54. The summed E-state index contributed by atoms with van der Waals surface area (Å²) in [6.07, 6.45) is 2.05. The van der Waals surface area contributed by atoms with Gasteiger partial charge in [0.1, 0.15) is 0 Å². The van der Waals surface area contributed by atoms with Crippen LogP contribution in [-0.4, -0.2) is 12.1 Å². The summed E-state index contributed by atoms with van der Waals surface area (Å²) in [4.78, 5) is 10.8. The van der Waals surface area contributed by atoms with E-state index >= 15 is 0 Å². The van der Waals surface area contributed by atoms with Crippen molar-refractivity contribution in [3.63, 3.8) is 0 Å². The van der Waals surface area contributed by atoms with Crippen molar-refractivity contribution in [3.8, 4) is 0 Å². The fraction of sp³-hybridized carbons (Fsp3) is 0.200. The number of hydrogen-bond donors (Lipinski definition) is 1. The predicted octanol–water partition coefficient (Wildman–Crippen LogP) is 2.31. The SMILES string of the molecule is CCC(=O)N/N=C/c1ccc(Br)cc1. The third kappa shape index (κ3) is 3.70. The molecule has 0 aliphatic carbocycles. The Morgan fingerprint density at radius 1 is 1.50 bits per heavy atom. The molecule has 0 atom stereocenters. The molecule has 1 aromatic rings. The van der Waals surface area contributed by atoms with Crippen LogP contribution in [0.4, 0.5) is 0 Å². The van der Waals surface area contributed by atoms with E-state index in [1.807, 2.05) is 24.3 Å². The van der Waals surface area contributed by atoms with Gasteiger partial charge in [0.05, 0.1) is 6.21 Å². The van der Waals surface area contributed by atoms with E-state index in [1.165, 1.54) is 0 Å². The maximum atomic E-state index is 10.8. The predicted molar refractivity (Wildman–Crippen MR) is 60.2 cm³/mol. The topological polar surface area (TPSA) is 41.5 Å². The number of hydrogen-bond acceptors (Lipinski definition) is 2. The van der Waals surface area contributed by atoms with Crippen LogP contribution in [0.25, 0.3) is 0 Å². The summed E-state index contributed by atoms with van der Waals surface area (Å²) < 4.78 is 1.02. The lowest BCUT2D eigenvalue weighted by Gasteiger charge is -1.95. The standard InChI is InChI=1S/C10H11BrN2O/c1-2-10(14)13-12-7-8-3-5-9(11)6-4-8/h3-7H,2H2,1H3,(H,13,14)/b12-7+. The number of amides is 1. The number of nitrogens with zero attached hydrogens (tertiary/aromatic N) is 1. The molecule has 0 saturated carbocycles. The van der Waals surface area contributed by atoms with Crippen molar-refractivity contribution in [1.82, 2.24) is 5.43 Å². The Balaban J connectivity index is 2.52. The summed E-state index contributed by atoms with van der Waals surface area (Å²) in [5, 5.41) is 3.80. The van der Waals surface area contributed by atoms with Crippen molar-refractivity contribution in [1.29, 1.82) is 0 Å². The molecule has 1 rings (SSSR count). The van der Waals surface area contributed by atoms with Gasteiger partial charge in [0.15, 0.2) is 0 Å². The highest BCUT2D eigenvalue weighted by atomic mass is 79.9. The molecule has 74 valence electrons. The molecule has 0 heterocycles. The van der Waals surface area contributed by atoms with Crippen LogP contribution < -0.4 is 5.43 Å². The lowest BCUT2D eigenvalue weighted by molar-refractivity contribution is -0.120. The summed E-state index contributed by atoms with van der Waals surface area (Å²) in [5.41, 5.74) is 3.36. The zero-order valence-electron chi connectivity index (χ0n) is 7.83. The molecule has 4 heteroatoms. The molecule has 0 fully saturated rings. The van der Waals surface area contributed by atoms with Gasteiger partial charge in [-0.15, -0.1) is 0 Å². The van der Waals surface area contributed by atoms with Gasteiger partial charge in [0.25, 0.3) is 0 Å². The van der Waals surface area contributed by atoms with Gasteiger partial charge in [-0.05, 0) is 17.7 Å². The molecule has 0 unspecified atom stereocenters. The number of carbonyl (C=O) groups excluding carboxylic acids is 1. The van der Waals surface area contributed by atoms with Crippen LogP contribution in [0.1, 0.15) is 18.9 Å². The van der Waals surface area contributed by atoms with Gasteiger partial charge >= 0.3 is 0 Å². The van der Waals surface area contributed by atoms with Crippen molar-refractivity contribution in [2.45, 2.75) is 13.3 Å². The largest absolute Gasteiger partial charge is 0.273 e. The maximum absolute atomic E-state index is 10.8. The number of hydrazone groups is 1. The number of carbonyl (C=O) groups is 1. The van der Waals surface area contributed by atoms with Crippen molar-refractivity contribution < 1.29 is 4.79 Å². The Morgan fingerprint density at radius 3 is 2.71 bits per heavy atom. The second-order valence-corrected chi connectivity index (χ2v) is 3.61.